The van der Waals surface area contributed by atoms with Crippen LogP contribution >= 0.6 is 11.8 Å². The van der Waals surface area contributed by atoms with Crippen LogP contribution in [-0.4, -0.2) is 6.26 Å². The van der Waals surface area contributed by atoms with E-state index in [1.54, 1.807) is 11.8 Å². The lowest BCUT2D eigenvalue weighted by Crippen LogP contribution is -1.85. The van der Waals surface area contributed by atoms with E-state index in [-0.39, 0.29) is 5.82 Å². The van der Waals surface area contributed by atoms with Crippen molar-refractivity contribution in [3.05, 3.63) is 78.6 Å². The number of benzene rings is 3. The zero-order chi connectivity index (χ0) is 14.7. The molecule has 0 aliphatic carbocycles. The Bertz CT molecular complexity index is 730. The van der Waals surface area contributed by atoms with Gasteiger partial charge in [0, 0.05) is 4.90 Å². The Morgan fingerprint density at radius 3 is 1.62 bits per heavy atom. The highest BCUT2D eigenvalue weighted by Crippen LogP contribution is 2.32. The predicted octanol–water partition coefficient (Wildman–Crippen LogP) is 5.88. The van der Waals surface area contributed by atoms with Gasteiger partial charge in [-0.05, 0) is 52.8 Å². The summed E-state index contributed by atoms with van der Waals surface area (Å²) in [4.78, 5) is 1.25. The maximum Gasteiger partial charge on any atom is 0.123 e. The van der Waals surface area contributed by atoms with Gasteiger partial charge in [0.15, 0.2) is 0 Å². The maximum absolute atomic E-state index is 13.1. The molecule has 0 N–H and O–H groups in total. The highest BCUT2D eigenvalue weighted by Gasteiger charge is 2.07. The molecule has 3 aromatic rings. The lowest BCUT2D eigenvalue weighted by molar-refractivity contribution is 0.628. The minimum atomic E-state index is -0.208. The quantitative estimate of drug-likeness (QED) is 0.543. The molecule has 0 aliphatic heterocycles. The molecule has 0 saturated heterocycles. The molecule has 0 heterocycles. The van der Waals surface area contributed by atoms with E-state index in [0.29, 0.717) is 0 Å². The molecule has 0 aliphatic rings. The summed E-state index contributed by atoms with van der Waals surface area (Å²) in [6, 6.07) is 23.4. The average molecular weight is 294 g/mol. The molecule has 0 spiro atoms. The van der Waals surface area contributed by atoms with Crippen LogP contribution in [0.5, 0.6) is 0 Å². The average Bonchev–Trinajstić information content (AvgIpc) is 2.56. The molecule has 0 nitrogen and oxygen atoms in total. The minimum absolute atomic E-state index is 0.208. The van der Waals surface area contributed by atoms with E-state index in [1.807, 2.05) is 24.3 Å². The molecule has 0 aromatic heterocycles. The Morgan fingerprint density at radius 1 is 0.667 bits per heavy atom. The number of hydrogen-bond acceptors (Lipinski definition) is 1. The Morgan fingerprint density at radius 2 is 1.14 bits per heavy atom. The molecule has 0 unspecified atom stereocenters. The van der Waals surface area contributed by atoms with Gasteiger partial charge in [-0.25, -0.2) is 4.39 Å². The van der Waals surface area contributed by atoms with E-state index >= 15 is 0 Å². The Labute approximate surface area is 128 Å². The molecule has 2 heteroatoms. The van der Waals surface area contributed by atoms with Gasteiger partial charge in [0.05, 0.1) is 0 Å². The molecule has 0 bridgehead atoms. The smallest absolute Gasteiger partial charge is 0.123 e. The fourth-order valence-electron chi connectivity index (χ4n) is 2.39. The van der Waals surface area contributed by atoms with Crippen LogP contribution in [0.1, 0.15) is 0 Å². The van der Waals surface area contributed by atoms with Crippen molar-refractivity contribution in [2.24, 2.45) is 0 Å². The lowest BCUT2D eigenvalue weighted by atomic mass is 9.95. The molecule has 0 radical (unpaired) electrons. The van der Waals surface area contributed by atoms with E-state index in [1.165, 1.54) is 22.6 Å². The van der Waals surface area contributed by atoms with Crippen molar-refractivity contribution in [3.63, 3.8) is 0 Å². The van der Waals surface area contributed by atoms with Gasteiger partial charge < -0.3 is 0 Å². The summed E-state index contributed by atoms with van der Waals surface area (Å²) < 4.78 is 13.1. The van der Waals surface area contributed by atoms with E-state index in [9.17, 15) is 4.39 Å². The van der Waals surface area contributed by atoms with E-state index < -0.39 is 0 Å². The van der Waals surface area contributed by atoms with Gasteiger partial charge in [-0.1, -0.05) is 48.5 Å². The van der Waals surface area contributed by atoms with E-state index in [4.69, 9.17) is 0 Å². The number of hydrogen-bond donors (Lipinski definition) is 0. The third-order valence-corrected chi connectivity index (χ3v) is 4.23. The zero-order valence-corrected chi connectivity index (χ0v) is 12.5. The second kappa shape index (κ2) is 6.15. The first-order valence-corrected chi connectivity index (χ1v) is 8.00. The number of halogens is 1. The predicted molar refractivity (Wildman–Crippen MR) is 89.1 cm³/mol. The Kier molecular flexibility index (Phi) is 4.07. The number of rotatable bonds is 3. The van der Waals surface area contributed by atoms with Gasteiger partial charge in [0.2, 0.25) is 0 Å². The van der Waals surface area contributed by atoms with Gasteiger partial charge in [-0.3, -0.25) is 0 Å². The molecule has 104 valence electrons. The fraction of sp³-hybridized carbons (Fsp3) is 0.0526. The van der Waals surface area contributed by atoms with Crippen molar-refractivity contribution in [2.75, 3.05) is 6.26 Å². The van der Waals surface area contributed by atoms with Crippen LogP contribution in [-0.2, 0) is 0 Å². The van der Waals surface area contributed by atoms with Crippen LogP contribution < -0.4 is 0 Å². The van der Waals surface area contributed by atoms with Gasteiger partial charge in [-0.15, -0.1) is 11.8 Å². The van der Waals surface area contributed by atoms with E-state index in [0.717, 1.165) is 16.7 Å². The zero-order valence-electron chi connectivity index (χ0n) is 11.7. The lowest BCUT2D eigenvalue weighted by Gasteiger charge is -2.10. The van der Waals surface area contributed by atoms with Crippen LogP contribution in [0.15, 0.2) is 77.7 Å². The molecule has 0 saturated carbocycles. The van der Waals surface area contributed by atoms with Crippen LogP contribution in [0.3, 0.4) is 0 Å². The third-order valence-electron chi connectivity index (χ3n) is 3.48. The summed E-state index contributed by atoms with van der Waals surface area (Å²) in [6.07, 6.45) is 2.07. The molecular weight excluding hydrogens is 279 g/mol. The summed E-state index contributed by atoms with van der Waals surface area (Å²) in [6.45, 7) is 0. The van der Waals surface area contributed by atoms with Crippen molar-refractivity contribution in [3.8, 4) is 22.3 Å². The summed E-state index contributed by atoms with van der Waals surface area (Å²) in [5.74, 6) is -0.208. The summed E-state index contributed by atoms with van der Waals surface area (Å²) >= 11 is 1.73. The van der Waals surface area contributed by atoms with Crippen LogP contribution in [0, 0.1) is 5.82 Å². The van der Waals surface area contributed by atoms with Crippen molar-refractivity contribution >= 4 is 11.8 Å². The highest BCUT2D eigenvalue weighted by atomic mass is 32.2. The summed E-state index contributed by atoms with van der Waals surface area (Å²) in [7, 11) is 0. The van der Waals surface area contributed by atoms with Crippen LogP contribution in [0.4, 0.5) is 4.39 Å². The first-order chi connectivity index (χ1) is 10.3. The van der Waals surface area contributed by atoms with Crippen LogP contribution in [0.25, 0.3) is 22.3 Å². The van der Waals surface area contributed by atoms with Crippen molar-refractivity contribution in [1.29, 1.82) is 0 Å². The molecule has 0 atom stereocenters. The molecule has 3 aromatic carbocycles. The van der Waals surface area contributed by atoms with Crippen LogP contribution in [0.2, 0.25) is 0 Å². The first kappa shape index (κ1) is 13.9. The second-order valence-corrected chi connectivity index (χ2v) is 5.66. The molecule has 0 fully saturated rings. The van der Waals surface area contributed by atoms with Crippen molar-refractivity contribution in [2.45, 2.75) is 4.90 Å². The topological polar surface area (TPSA) is 0 Å². The second-order valence-electron chi connectivity index (χ2n) is 4.78. The standard InChI is InChI=1S/C19H15FS/c1-21-17-12-8-15(9-13-17)19-5-3-2-4-18(19)14-6-10-16(20)11-7-14/h2-13H,1H3. The van der Waals surface area contributed by atoms with Gasteiger partial charge in [0.1, 0.15) is 5.82 Å². The number of thioether (sulfide) groups is 1. The monoisotopic (exact) mass is 294 g/mol. The molecule has 3 rings (SSSR count). The minimum Gasteiger partial charge on any atom is -0.207 e. The van der Waals surface area contributed by atoms with Gasteiger partial charge >= 0.3 is 0 Å². The van der Waals surface area contributed by atoms with Gasteiger partial charge in [-0.2, -0.15) is 0 Å². The maximum atomic E-state index is 13.1. The fourth-order valence-corrected chi connectivity index (χ4v) is 2.79. The van der Waals surface area contributed by atoms with Crippen molar-refractivity contribution < 1.29 is 4.39 Å². The molecule has 0 amide bonds. The Hall–Kier alpha value is -2.06. The Balaban J connectivity index is 2.08. The summed E-state index contributed by atoms with van der Waals surface area (Å²) in [5, 5.41) is 0. The molecule has 21 heavy (non-hydrogen) atoms. The first-order valence-electron chi connectivity index (χ1n) is 6.77. The van der Waals surface area contributed by atoms with E-state index in [2.05, 4.69) is 42.7 Å². The highest BCUT2D eigenvalue weighted by molar-refractivity contribution is 7.98. The summed E-state index contributed by atoms with van der Waals surface area (Å²) in [5.41, 5.74) is 4.49. The SMILES string of the molecule is CSc1ccc(-c2ccccc2-c2ccc(F)cc2)cc1. The normalized spacial score (nSPS) is 10.6. The molecular formula is C19H15FS. The van der Waals surface area contributed by atoms with Crippen molar-refractivity contribution in [1.82, 2.24) is 0 Å². The third kappa shape index (κ3) is 3.01. The van der Waals surface area contributed by atoms with Gasteiger partial charge in [0.25, 0.3) is 0 Å². The largest absolute Gasteiger partial charge is 0.207 e.